The van der Waals surface area contributed by atoms with Gasteiger partial charge in [-0.15, -0.1) is 0 Å². The van der Waals surface area contributed by atoms with E-state index in [-0.39, 0.29) is 26.4 Å². The predicted octanol–water partition coefficient (Wildman–Crippen LogP) is 1.58. The van der Waals surface area contributed by atoms with Crippen LogP contribution in [0.25, 0.3) is 0 Å². The van der Waals surface area contributed by atoms with E-state index < -0.39 is 11.9 Å². The molecule has 0 saturated carbocycles. The first kappa shape index (κ1) is 24.0. The number of ether oxygens (including phenoxy) is 4. The van der Waals surface area contributed by atoms with Crippen LogP contribution in [0.15, 0.2) is 24.3 Å². The Kier molecular flexibility index (Phi) is 13.7. The molecule has 158 valence electrons. The van der Waals surface area contributed by atoms with Gasteiger partial charge in [-0.3, -0.25) is 0 Å². The van der Waals surface area contributed by atoms with Gasteiger partial charge in [0.2, 0.25) is 0 Å². The molecule has 8 heteroatoms. The second-order valence-corrected chi connectivity index (χ2v) is 5.94. The molecule has 0 heterocycles. The van der Waals surface area contributed by atoms with Crippen LogP contribution in [0.2, 0.25) is 0 Å². The summed E-state index contributed by atoms with van der Waals surface area (Å²) in [6.45, 7) is 2.56. The molecule has 0 spiro atoms. The molecule has 0 unspecified atom stereocenters. The zero-order valence-corrected chi connectivity index (χ0v) is 16.1. The largest absolute Gasteiger partial charge is 0.462 e. The van der Waals surface area contributed by atoms with E-state index in [2.05, 4.69) is 0 Å². The fourth-order valence-electron chi connectivity index (χ4n) is 2.10. The van der Waals surface area contributed by atoms with E-state index in [4.69, 9.17) is 29.2 Å². The van der Waals surface area contributed by atoms with E-state index in [0.717, 1.165) is 0 Å². The van der Waals surface area contributed by atoms with Crippen molar-refractivity contribution in [3.8, 4) is 0 Å². The topological polar surface area (TPSA) is 112 Å². The minimum absolute atomic E-state index is 0.0956. The van der Waals surface area contributed by atoms with Crippen LogP contribution in [0.5, 0.6) is 0 Å². The van der Waals surface area contributed by atoms with Crippen molar-refractivity contribution in [1.82, 2.24) is 0 Å². The molecular weight excluding hydrogens is 368 g/mol. The Labute approximate surface area is 165 Å². The fraction of sp³-hybridized carbons (Fsp3) is 0.600. The average Bonchev–Trinajstić information content (AvgIpc) is 2.72. The van der Waals surface area contributed by atoms with Crippen LogP contribution < -0.4 is 0 Å². The summed E-state index contributed by atoms with van der Waals surface area (Å²) >= 11 is 0. The summed E-state index contributed by atoms with van der Waals surface area (Å²) in [4.78, 5) is 23.9. The quantitative estimate of drug-likeness (QED) is 0.319. The first-order valence-corrected chi connectivity index (χ1v) is 9.50. The van der Waals surface area contributed by atoms with Gasteiger partial charge in [0.25, 0.3) is 0 Å². The summed E-state index contributed by atoms with van der Waals surface area (Å²) in [6, 6.07) is 6.09. The molecule has 1 aromatic rings. The Morgan fingerprint density at radius 2 is 0.964 bits per heavy atom. The highest BCUT2D eigenvalue weighted by atomic mass is 16.5. The highest BCUT2D eigenvalue weighted by molar-refractivity contribution is 5.93. The summed E-state index contributed by atoms with van der Waals surface area (Å²) in [7, 11) is 0. The maximum absolute atomic E-state index is 11.9. The summed E-state index contributed by atoms with van der Waals surface area (Å²) in [6.07, 6.45) is 2.33. The second-order valence-electron chi connectivity index (χ2n) is 5.94. The maximum Gasteiger partial charge on any atom is 0.338 e. The number of carbonyl (C=O) groups excluding carboxylic acids is 2. The molecular formula is C20H30O8. The smallest absolute Gasteiger partial charge is 0.338 e. The van der Waals surface area contributed by atoms with E-state index in [1.165, 1.54) is 24.3 Å². The number of rotatable bonds is 16. The molecule has 8 nitrogen and oxygen atoms in total. The standard InChI is InChI=1S/C20H30O8/c21-9-1-11-25-13-3-15-27-19(23)17-5-7-18(8-6-17)20(24)28-16-4-14-26-12-2-10-22/h5-8,21-22H,1-4,9-16H2. The minimum atomic E-state index is -0.463. The molecule has 28 heavy (non-hydrogen) atoms. The lowest BCUT2D eigenvalue weighted by Crippen LogP contribution is -2.11. The first-order valence-electron chi connectivity index (χ1n) is 9.50. The third-order valence-corrected chi connectivity index (χ3v) is 3.58. The lowest BCUT2D eigenvalue weighted by Gasteiger charge is -2.07. The van der Waals surface area contributed by atoms with Crippen LogP contribution in [0.3, 0.4) is 0 Å². The van der Waals surface area contributed by atoms with Gasteiger partial charge in [-0.2, -0.15) is 0 Å². The van der Waals surface area contributed by atoms with Crippen molar-refractivity contribution < 1.29 is 38.7 Å². The van der Waals surface area contributed by atoms with E-state index in [0.29, 0.717) is 63.2 Å². The number of aliphatic hydroxyl groups excluding tert-OH is 2. The molecule has 2 N–H and O–H groups in total. The van der Waals surface area contributed by atoms with E-state index >= 15 is 0 Å². The Hall–Kier alpha value is -2.00. The van der Waals surface area contributed by atoms with Crippen LogP contribution in [-0.2, 0) is 18.9 Å². The summed E-state index contributed by atoms with van der Waals surface area (Å²) in [5.74, 6) is -0.925. The molecule has 1 aromatic carbocycles. The molecule has 0 fully saturated rings. The predicted molar refractivity (Wildman–Crippen MR) is 101 cm³/mol. The lowest BCUT2D eigenvalue weighted by molar-refractivity contribution is 0.0423. The van der Waals surface area contributed by atoms with Crippen LogP contribution in [0.1, 0.15) is 46.4 Å². The number of esters is 2. The molecule has 0 aliphatic rings. The van der Waals surface area contributed by atoms with Gasteiger partial charge >= 0.3 is 11.9 Å². The third-order valence-electron chi connectivity index (χ3n) is 3.58. The van der Waals surface area contributed by atoms with Crippen LogP contribution in [0, 0.1) is 0 Å². The van der Waals surface area contributed by atoms with Crippen molar-refractivity contribution >= 4 is 11.9 Å². The highest BCUT2D eigenvalue weighted by Crippen LogP contribution is 2.08. The number of carbonyl (C=O) groups is 2. The Morgan fingerprint density at radius 1 is 0.607 bits per heavy atom. The first-order chi connectivity index (χ1) is 13.7. The van der Waals surface area contributed by atoms with E-state index in [1.54, 1.807) is 0 Å². The Morgan fingerprint density at radius 3 is 1.32 bits per heavy atom. The van der Waals surface area contributed by atoms with Gasteiger partial charge in [-0.25, -0.2) is 9.59 Å². The van der Waals surface area contributed by atoms with E-state index in [9.17, 15) is 9.59 Å². The molecule has 0 radical (unpaired) electrons. The molecule has 0 atom stereocenters. The summed E-state index contributed by atoms with van der Waals surface area (Å²) in [5.41, 5.74) is 0.713. The molecule has 1 rings (SSSR count). The second kappa shape index (κ2) is 16.0. The van der Waals surface area contributed by atoms with Gasteiger partial charge in [0.05, 0.1) is 24.3 Å². The fourth-order valence-corrected chi connectivity index (χ4v) is 2.10. The van der Waals surface area contributed by atoms with Gasteiger partial charge < -0.3 is 29.2 Å². The molecule has 0 aliphatic heterocycles. The van der Waals surface area contributed by atoms with Crippen molar-refractivity contribution in [2.45, 2.75) is 25.7 Å². The highest BCUT2D eigenvalue weighted by Gasteiger charge is 2.11. The van der Waals surface area contributed by atoms with Crippen molar-refractivity contribution in [3.05, 3.63) is 35.4 Å². The molecule has 0 bridgehead atoms. The number of benzene rings is 1. The van der Waals surface area contributed by atoms with Crippen LogP contribution in [-0.4, -0.2) is 75.0 Å². The van der Waals surface area contributed by atoms with Crippen molar-refractivity contribution in [1.29, 1.82) is 0 Å². The van der Waals surface area contributed by atoms with Gasteiger partial charge in [0, 0.05) is 52.5 Å². The number of aliphatic hydroxyl groups is 2. The van der Waals surface area contributed by atoms with E-state index in [1.807, 2.05) is 0 Å². The molecule has 0 amide bonds. The minimum Gasteiger partial charge on any atom is -0.462 e. The Bertz CT molecular complexity index is 495. The van der Waals surface area contributed by atoms with Gasteiger partial charge in [-0.05, 0) is 37.1 Å². The maximum atomic E-state index is 11.9. The van der Waals surface area contributed by atoms with Crippen molar-refractivity contribution in [2.75, 3.05) is 52.9 Å². The molecule has 0 aromatic heterocycles. The monoisotopic (exact) mass is 398 g/mol. The lowest BCUT2D eigenvalue weighted by atomic mass is 10.1. The average molecular weight is 398 g/mol. The summed E-state index contributed by atoms with van der Waals surface area (Å²) in [5, 5.41) is 17.2. The zero-order chi connectivity index (χ0) is 20.5. The van der Waals surface area contributed by atoms with Crippen LogP contribution in [0.4, 0.5) is 0 Å². The van der Waals surface area contributed by atoms with Gasteiger partial charge in [-0.1, -0.05) is 0 Å². The number of hydrogen-bond donors (Lipinski definition) is 2. The normalized spacial score (nSPS) is 10.6. The van der Waals surface area contributed by atoms with Gasteiger partial charge in [0.1, 0.15) is 0 Å². The third kappa shape index (κ3) is 11.0. The Balaban J connectivity index is 2.20. The molecule has 0 saturated heterocycles. The molecule has 0 aliphatic carbocycles. The summed E-state index contributed by atoms with van der Waals surface area (Å²) < 4.78 is 20.8. The van der Waals surface area contributed by atoms with Crippen LogP contribution >= 0.6 is 0 Å². The van der Waals surface area contributed by atoms with Crippen molar-refractivity contribution in [3.63, 3.8) is 0 Å². The number of hydrogen-bond acceptors (Lipinski definition) is 8. The zero-order valence-electron chi connectivity index (χ0n) is 16.1. The van der Waals surface area contributed by atoms with Gasteiger partial charge in [0.15, 0.2) is 0 Å². The van der Waals surface area contributed by atoms with Crippen molar-refractivity contribution in [2.24, 2.45) is 0 Å². The SMILES string of the molecule is O=C(OCCCOCCCO)c1ccc(C(=O)OCCCOCCCO)cc1.